The van der Waals surface area contributed by atoms with E-state index in [9.17, 15) is 0 Å². The number of rotatable bonds is 4. The summed E-state index contributed by atoms with van der Waals surface area (Å²) in [7, 11) is 0. The standard InChI is InChI=1S/C10H18ClNO/c1-9(5-11)6-12-7-10-3-2-4-13-8-10/h5,10,12H,2-4,6-8H2,1H3. The lowest BCUT2D eigenvalue weighted by atomic mass is 10.0. The largest absolute Gasteiger partial charge is 0.381 e. The molecular formula is C10H18ClNO. The number of nitrogens with one attached hydrogen (secondary N) is 1. The van der Waals surface area contributed by atoms with Crippen LogP contribution in [0.4, 0.5) is 0 Å². The van der Waals surface area contributed by atoms with E-state index in [1.807, 2.05) is 6.92 Å². The number of hydrogen-bond acceptors (Lipinski definition) is 2. The quantitative estimate of drug-likeness (QED) is 0.756. The Balaban J connectivity index is 2.04. The van der Waals surface area contributed by atoms with Crippen molar-refractivity contribution >= 4 is 11.6 Å². The van der Waals surface area contributed by atoms with Crippen LogP contribution in [0.1, 0.15) is 19.8 Å². The third kappa shape index (κ3) is 4.65. The first-order chi connectivity index (χ1) is 6.33. The van der Waals surface area contributed by atoms with Crippen LogP contribution in [0.25, 0.3) is 0 Å². The zero-order valence-electron chi connectivity index (χ0n) is 8.18. The molecule has 2 nitrogen and oxygen atoms in total. The molecule has 0 aromatic heterocycles. The molecule has 0 spiro atoms. The van der Waals surface area contributed by atoms with Crippen molar-refractivity contribution < 1.29 is 4.74 Å². The molecule has 1 fully saturated rings. The minimum Gasteiger partial charge on any atom is -0.381 e. The third-order valence-electron chi connectivity index (χ3n) is 2.28. The predicted octanol–water partition coefficient (Wildman–Crippen LogP) is 2.15. The van der Waals surface area contributed by atoms with Crippen molar-refractivity contribution in [2.75, 3.05) is 26.3 Å². The first-order valence-electron chi connectivity index (χ1n) is 4.87. The molecule has 3 heteroatoms. The summed E-state index contributed by atoms with van der Waals surface area (Å²) in [5.74, 6) is 0.692. The average Bonchev–Trinajstić information content (AvgIpc) is 2.19. The van der Waals surface area contributed by atoms with E-state index in [1.54, 1.807) is 5.54 Å². The minimum absolute atomic E-state index is 0.692. The van der Waals surface area contributed by atoms with Crippen LogP contribution in [0.15, 0.2) is 11.1 Å². The van der Waals surface area contributed by atoms with Gasteiger partial charge in [0.1, 0.15) is 0 Å². The van der Waals surface area contributed by atoms with Gasteiger partial charge in [-0.1, -0.05) is 11.6 Å². The Labute approximate surface area is 85.3 Å². The van der Waals surface area contributed by atoms with Crippen LogP contribution in [0.2, 0.25) is 0 Å². The van der Waals surface area contributed by atoms with Gasteiger partial charge in [0, 0.05) is 25.2 Å². The molecule has 0 saturated carbocycles. The lowest BCUT2D eigenvalue weighted by Crippen LogP contribution is -2.29. The van der Waals surface area contributed by atoms with Crippen molar-refractivity contribution in [1.82, 2.24) is 5.32 Å². The number of ether oxygens (including phenoxy) is 1. The summed E-state index contributed by atoms with van der Waals surface area (Å²) in [6.07, 6.45) is 2.49. The Morgan fingerprint density at radius 2 is 2.54 bits per heavy atom. The fourth-order valence-corrected chi connectivity index (χ4v) is 1.56. The van der Waals surface area contributed by atoms with Gasteiger partial charge < -0.3 is 10.1 Å². The second-order valence-corrected chi connectivity index (χ2v) is 3.89. The fraction of sp³-hybridized carbons (Fsp3) is 0.800. The smallest absolute Gasteiger partial charge is 0.0506 e. The molecule has 1 atom stereocenters. The van der Waals surface area contributed by atoms with Gasteiger partial charge in [-0.25, -0.2) is 0 Å². The van der Waals surface area contributed by atoms with Crippen molar-refractivity contribution in [1.29, 1.82) is 0 Å². The van der Waals surface area contributed by atoms with E-state index in [4.69, 9.17) is 16.3 Å². The van der Waals surface area contributed by atoms with Crippen molar-refractivity contribution in [3.05, 3.63) is 11.1 Å². The monoisotopic (exact) mass is 203 g/mol. The van der Waals surface area contributed by atoms with Crippen molar-refractivity contribution in [3.63, 3.8) is 0 Å². The molecule has 1 aliphatic heterocycles. The van der Waals surface area contributed by atoms with Crippen LogP contribution in [-0.4, -0.2) is 26.3 Å². The zero-order chi connectivity index (χ0) is 9.52. The average molecular weight is 204 g/mol. The minimum atomic E-state index is 0.692. The number of halogens is 1. The highest BCUT2D eigenvalue weighted by Crippen LogP contribution is 2.12. The molecule has 0 aromatic carbocycles. The molecule has 1 aliphatic rings. The van der Waals surface area contributed by atoms with Crippen molar-refractivity contribution in [2.45, 2.75) is 19.8 Å². The van der Waals surface area contributed by atoms with Gasteiger partial charge in [0.25, 0.3) is 0 Å². The molecule has 0 aromatic rings. The highest BCUT2D eigenvalue weighted by molar-refractivity contribution is 6.25. The molecule has 0 amide bonds. The van der Waals surface area contributed by atoms with E-state index in [0.717, 1.165) is 26.3 Å². The summed E-state index contributed by atoms with van der Waals surface area (Å²) in [4.78, 5) is 0. The summed E-state index contributed by atoms with van der Waals surface area (Å²) in [6, 6.07) is 0. The molecule has 1 rings (SSSR count). The summed E-state index contributed by atoms with van der Waals surface area (Å²) in [5, 5.41) is 3.37. The lowest BCUT2D eigenvalue weighted by Gasteiger charge is -2.22. The maximum atomic E-state index is 5.55. The van der Waals surface area contributed by atoms with Crippen LogP contribution in [0.3, 0.4) is 0 Å². The van der Waals surface area contributed by atoms with Crippen molar-refractivity contribution in [3.8, 4) is 0 Å². The van der Waals surface area contributed by atoms with Gasteiger partial charge >= 0.3 is 0 Å². The molecule has 76 valence electrons. The zero-order valence-corrected chi connectivity index (χ0v) is 8.94. The van der Waals surface area contributed by atoms with Crippen LogP contribution < -0.4 is 5.32 Å². The second kappa shape index (κ2) is 6.41. The molecule has 0 aliphatic carbocycles. The van der Waals surface area contributed by atoms with Gasteiger partial charge in [0.15, 0.2) is 0 Å². The van der Waals surface area contributed by atoms with Crippen LogP contribution in [0, 0.1) is 5.92 Å². The summed E-state index contributed by atoms with van der Waals surface area (Å²) < 4.78 is 5.39. The molecule has 1 unspecified atom stereocenters. The Morgan fingerprint density at radius 1 is 1.69 bits per heavy atom. The first-order valence-corrected chi connectivity index (χ1v) is 5.31. The van der Waals surface area contributed by atoms with Crippen LogP contribution in [0.5, 0.6) is 0 Å². The molecule has 0 bridgehead atoms. The summed E-state index contributed by atoms with van der Waals surface area (Å²) in [6.45, 7) is 5.81. The van der Waals surface area contributed by atoms with E-state index in [-0.39, 0.29) is 0 Å². The first kappa shape index (κ1) is 11.0. The second-order valence-electron chi connectivity index (χ2n) is 3.67. The van der Waals surface area contributed by atoms with E-state index < -0.39 is 0 Å². The van der Waals surface area contributed by atoms with Gasteiger partial charge in [-0.05, 0) is 31.3 Å². The van der Waals surface area contributed by atoms with Gasteiger partial charge in [-0.15, -0.1) is 0 Å². The van der Waals surface area contributed by atoms with E-state index in [1.165, 1.54) is 18.4 Å². The van der Waals surface area contributed by atoms with E-state index in [2.05, 4.69) is 5.32 Å². The molecular weight excluding hydrogens is 186 g/mol. The molecule has 1 N–H and O–H groups in total. The molecule has 0 radical (unpaired) electrons. The maximum absolute atomic E-state index is 5.55. The Kier molecular flexibility index (Phi) is 5.44. The highest BCUT2D eigenvalue weighted by Gasteiger charge is 2.12. The van der Waals surface area contributed by atoms with E-state index in [0.29, 0.717) is 5.92 Å². The Morgan fingerprint density at radius 3 is 3.15 bits per heavy atom. The van der Waals surface area contributed by atoms with Gasteiger partial charge in [-0.3, -0.25) is 0 Å². The lowest BCUT2D eigenvalue weighted by molar-refractivity contribution is 0.0551. The van der Waals surface area contributed by atoms with Crippen LogP contribution >= 0.6 is 11.6 Å². The Hall–Kier alpha value is -0.0500. The maximum Gasteiger partial charge on any atom is 0.0506 e. The fourth-order valence-electron chi connectivity index (χ4n) is 1.48. The predicted molar refractivity (Wildman–Crippen MR) is 56.0 cm³/mol. The molecule has 1 heterocycles. The highest BCUT2D eigenvalue weighted by atomic mass is 35.5. The van der Waals surface area contributed by atoms with Crippen molar-refractivity contribution in [2.24, 2.45) is 5.92 Å². The number of hydrogen-bond donors (Lipinski definition) is 1. The van der Waals surface area contributed by atoms with Crippen LogP contribution in [-0.2, 0) is 4.74 Å². The molecule has 1 saturated heterocycles. The third-order valence-corrected chi connectivity index (χ3v) is 2.65. The SMILES string of the molecule is CC(=CCl)CNCC1CCCOC1. The van der Waals surface area contributed by atoms with Gasteiger partial charge in [0.2, 0.25) is 0 Å². The van der Waals surface area contributed by atoms with Gasteiger partial charge in [-0.2, -0.15) is 0 Å². The summed E-state index contributed by atoms with van der Waals surface area (Å²) >= 11 is 5.55. The Bertz CT molecular complexity index is 164. The van der Waals surface area contributed by atoms with E-state index >= 15 is 0 Å². The van der Waals surface area contributed by atoms with Gasteiger partial charge in [0.05, 0.1) is 6.61 Å². The summed E-state index contributed by atoms with van der Waals surface area (Å²) in [5.41, 5.74) is 2.81. The molecule has 13 heavy (non-hydrogen) atoms. The normalized spacial score (nSPS) is 24.8. The topological polar surface area (TPSA) is 21.3 Å².